The van der Waals surface area contributed by atoms with E-state index < -0.39 is 0 Å². The molecule has 1 heterocycles. The van der Waals surface area contributed by atoms with Crippen molar-refractivity contribution < 1.29 is 23.7 Å². The quantitative estimate of drug-likeness (QED) is 0.677. The summed E-state index contributed by atoms with van der Waals surface area (Å²) >= 11 is 3.41. The van der Waals surface area contributed by atoms with Gasteiger partial charge in [-0.2, -0.15) is 0 Å². The lowest BCUT2D eigenvalue weighted by Crippen LogP contribution is -2.12. The summed E-state index contributed by atoms with van der Waals surface area (Å²) in [6.45, 7) is 3.63. The molecule has 1 aromatic carbocycles. The van der Waals surface area contributed by atoms with Gasteiger partial charge in [-0.1, -0.05) is 0 Å². The van der Waals surface area contributed by atoms with E-state index in [0.717, 1.165) is 5.56 Å². The lowest BCUT2D eigenvalue weighted by atomic mass is 9.95. The highest BCUT2D eigenvalue weighted by Gasteiger charge is 2.28. The third-order valence-corrected chi connectivity index (χ3v) is 4.72. The van der Waals surface area contributed by atoms with Crippen LogP contribution in [0.15, 0.2) is 16.7 Å². The minimum atomic E-state index is -0.265. The fourth-order valence-electron chi connectivity index (χ4n) is 2.66. The number of benzene rings is 1. The minimum absolute atomic E-state index is 0.252. The molecule has 25 heavy (non-hydrogen) atoms. The molecule has 134 valence electrons. The molecule has 0 aliphatic rings. The molecule has 6 nitrogen and oxygen atoms in total. The third-order valence-electron chi connectivity index (χ3n) is 3.92. The molecule has 0 atom stereocenters. The molecule has 0 aliphatic carbocycles. The molecule has 0 unspecified atom stereocenters. The number of nitrogens with zero attached hydrogens (tertiary/aromatic N) is 1. The highest BCUT2D eigenvalue weighted by Crippen LogP contribution is 2.43. The molecular formula is C18H20BrNO5. The topological polar surface area (TPSA) is 66.9 Å². The molecule has 0 amide bonds. The van der Waals surface area contributed by atoms with Crippen molar-refractivity contribution in [1.29, 1.82) is 0 Å². The zero-order valence-corrected chi connectivity index (χ0v) is 16.6. The van der Waals surface area contributed by atoms with E-state index in [1.165, 1.54) is 28.4 Å². The summed E-state index contributed by atoms with van der Waals surface area (Å²) in [7, 11) is 5.99. The fraction of sp³-hybridized carbons (Fsp3) is 0.333. The van der Waals surface area contributed by atoms with Crippen LogP contribution in [-0.4, -0.2) is 39.2 Å². The van der Waals surface area contributed by atoms with Gasteiger partial charge in [-0.15, -0.1) is 0 Å². The number of methoxy groups -OCH3 is 4. The maximum absolute atomic E-state index is 13.4. The Labute approximate surface area is 155 Å². The summed E-state index contributed by atoms with van der Waals surface area (Å²) in [6, 6.07) is 1.74. The van der Waals surface area contributed by atoms with Crippen molar-refractivity contribution in [2.75, 3.05) is 28.4 Å². The summed E-state index contributed by atoms with van der Waals surface area (Å²) in [5.41, 5.74) is 2.17. The maximum atomic E-state index is 13.4. The van der Waals surface area contributed by atoms with E-state index >= 15 is 0 Å². The molecule has 0 saturated heterocycles. The van der Waals surface area contributed by atoms with Crippen LogP contribution in [0.5, 0.6) is 23.1 Å². The number of aromatic nitrogens is 1. The van der Waals surface area contributed by atoms with Crippen LogP contribution in [0, 0.1) is 13.8 Å². The van der Waals surface area contributed by atoms with Gasteiger partial charge in [-0.25, -0.2) is 4.98 Å². The van der Waals surface area contributed by atoms with E-state index in [9.17, 15) is 4.79 Å². The average Bonchev–Trinajstić information content (AvgIpc) is 2.61. The number of carbonyl (C=O) groups excluding carboxylic acids is 1. The van der Waals surface area contributed by atoms with Gasteiger partial charge in [0.05, 0.1) is 39.6 Å². The largest absolute Gasteiger partial charge is 0.493 e. The molecule has 0 saturated carbocycles. The summed E-state index contributed by atoms with van der Waals surface area (Å²) in [6.07, 6.45) is 1.60. The molecule has 7 heteroatoms. The normalized spacial score (nSPS) is 10.4. The van der Waals surface area contributed by atoms with Crippen molar-refractivity contribution in [2.45, 2.75) is 13.8 Å². The Balaban J connectivity index is 2.79. The van der Waals surface area contributed by atoms with Crippen LogP contribution in [0.4, 0.5) is 0 Å². The van der Waals surface area contributed by atoms with Crippen LogP contribution in [0.2, 0.25) is 0 Å². The molecule has 1 aromatic heterocycles. The second-order valence-electron chi connectivity index (χ2n) is 5.28. The first kappa shape index (κ1) is 19.1. The van der Waals surface area contributed by atoms with E-state index in [2.05, 4.69) is 20.9 Å². The van der Waals surface area contributed by atoms with E-state index in [-0.39, 0.29) is 11.7 Å². The van der Waals surface area contributed by atoms with Gasteiger partial charge in [0.25, 0.3) is 0 Å². The Morgan fingerprint density at radius 2 is 1.60 bits per heavy atom. The zero-order valence-electron chi connectivity index (χ0n) is 15.0. The van der Waals surface area contributed by atoms with Crippen molar-refractivity contribution in [2.24, 2.45) is 0 Å². The first-order valence-corrected chi connectivity index (χ1v) is 8.23. The van der Waals surface area contributed by atoms with Crippen LogP contribution < -0.4 is 18.9 Å². The van der Waals surface area contributed by atoms with Crippen LogP contribution >= 0.6 is 15.9 Å². The van der Waals surface area contributed by atoms with E-state index in [4.69, 9.17) is 18.9 Å². The number of hydrogen-bond acceptors (Lipinski definition) is 6. The Bertz CT molecular complexity index is 820. The van der Waals surface area contributed by atoms with Gasteiger partial charge in [-0.05, 0) is 47.0 Å². The molecule has 0 spiro atoms. The van der Waals surface area contributed by atoms with Crippen LogP contribution in [0.1, 0.15) is 27.0 Å². The van der Waals surface area contributed by atoms with Crippen LogP contribution in [0.25, 0.3) is 0 Å². The van der Waals surface area contributed by atoms with Gasteiger partial charge >= 0.3 is 0 Å². The molecule has 0 radical (unpaired) electrons. The third kappa shape index (κ3) is 3.28. The highest BCUT2D eigenvalue weighted by molar-refractivity contribution is 9.10. The van der Waals surface area contributed by atoms with Gasteiger partial charge in [-0.3, -0.25) is 4.79 Å². The lowest BCUT2D eigenvalue weighted by Gasteiger charge is -2.19. The predicted octanol–water partition coefficient (Wildman–Crippen LogP) is 3.73. The Hall–Kier alpha value is -2.28. The van der Waals surface area contributed by atoms with Gasteiger partial charge in [0.15, 0.2) is 11.5 Å². The number of ketones is 1. The van der Waals surface area contributed by atoms with Crippen LogP contribution in [0.3, 0.4) is 0 Å². The van der Waals surface area contributed by atoms with E-state index in [1.807, 2.05) is 13.8 Å². The van der Waals surface area contributed by atoms with Gasteiger partial charge in [0.1, 0.15) is 0 Å². The standard InChI is InChI=1S/C18H20BrNO5/c1-9-7-12(22-3)16(23-4)17(24-5)13(9)15(21)14-10(2)11(19)8-20-18(14)25-6/h7-8H,1-6H3. The van der Waals surface area contributed by atoms with E-state index in [0.29, 0.717) is 38.4 Å². The first-order valence-electron chi connectivity index (χ1n) is 7.44. The summed E-state index contributed by atoms with van der Waals surface area (Å²) in [4.78, 5) is 17.5. The molecule has 0 bridgehead atoms. The second kappa shape index (κ2) is 7.74. The molecule has 2 aromatic rings. The molecule has 2 rings (SSSR count). The van der Waals surface area contributed by atoms with E-state index in [1.54, 1.807) is 12.3 Å². The number of ether oxygens (including phenoxy) is 4. The Kier molecular flexibility index (Phi) is 5.89. The zero-order chi connectivity index (χ0) is 18.7. The smallest absolute Gasteiger partial charge is 0.224 e. The highest BCUT2D eigenvalue weighted by atomic mass is 79.9. The number of hydrogen-bond donors (Lipinski definition) is 0. The van der Waals surface area contributed by atoms with Crippen molar-refractivity contribution in [3.05, 3.63) is 39.0 Å². The van der Waals surface area contributed by atoms with Gasteiger partial charge < -0.3 is 18.9 Å². The minimum Gasteiger partial charge on any atom is -0.493 e. The van der Waals surface area contributed by atoms with Crippen LogP contribution in [-0.2, 0) is 0 Å². The SMILES string of the molecule is COc1cc(C)c(C(=O)c2c(OC)ncc(Br)c2C)c(OC)c1OC. The second-order valence-corrected chi connectivity index (χ2v) is 6.14. The summed E-state index contributed by atoms with van der Waals surface area (Å²) in [5.74, 6) is 1.15. The van der Waals surface area contributed by atoms with Crippen molar-refractivity contribution in [3.8, 4) is 23.1 Å². The maximum Gasteiger partial charge on any atom is 0.224 e. The molecule has 0 N–H and O–H groups in total. The van der Waals surface area contributed by atoms with Crippen molar-refractivity contribution in [1.82, 2.24) is 4.98 Å². The van der Waals surface area contributed by atoms with Gasteiger partial charge in [0.2, 0.25) is 17.4 Å². The fourth-order valence-corrected chi connectivity index (χ4v) is 2.97. The molecule has 0 fully saturated rings. The Morgan fingerprint density at radius 3 is 2.12 bits per heavy atom. The number of halogens is 1. The first-order chi connectivity index (χ1) is 11.9. The predicted molar refractivity (Wildman–Crippen MR) is 97.5 cm³/mol. The molecular weight excluding hydrogens is 390 g/mol. The number of pyridine rings is 1. The lowest BCUT2D eigenvalue weighted by molar-refractivity contribution is 0.103. The number of carbonyl (C=O) groups is 1. The summed E-state index contributed by atoms with van der Waals surface area (Å²) in [5, 5.41) is 0. The monoisotopic (exact) mass is 409 g/mol. The summed E-state index contributed by atoms with van der Waals surface area (Å²) < 4.78 is 22.2. The number of aryl methyl sites for hydroxylation is 1. The molecule has 0 aliphatic heterocycles. The van der Waals surface area contributed by atoms with Gasteiger partial charge in [0, 0.05) is 10.7 Å². The number of rotatable bonds is 6. The van der Waals surface area contributed by atoms with Crippen molar-refractivity contribution in [3.63, 3.8) is 0 Å². The Morgan fingerprint density at radius 1 is 0.960 bits per heavy atom. The average molecular weight is 410 g/mol. The van der Waals surface area contributed by atoms with Crippen molar-refractivity contribution >= 4 is 21.7 Å².